The second-order valence-corrected chi connectivity index (χ2v) is 11.9. The SMILES string of the molecule is NCCNC(=O)[C@@]1(O)[C@@H](COP(=O)(O)OP(=O)(O)OP(=O)(O)O)O[C@@H](n2cnc3c(=O)[nH]c(N)nc32)[C@@H]1O. The molecule has 1 amide bonds. The van der Waals surface area contributed by atoms with Gasteiger partial charge >= 0.3 is 23.5 Å². The molecule has 0 spiro atoms. The molecule has 0 aromatic carbocycles. The van der Waals surface area contributed by atoms with Gasteiger partial charge in [0.15, 0.2) is 17.4 Å². The standard InChI is InChI=1S/C13H22N7O15P3/c14-1-2-16-11(23)13(24)5(3-32-37(28,29)35-38(30,31)34-36(25,26)27)33-10(7(13)21)20-4-17-6-8(20)18-12(15)19-9(6)22/h4-5,7,10,21,24H,1-3,14H2,(H,16,23)(H,28,29)(H,30,31)(H2,25,26,27)(H3,15,18,19,22)/t5-,7+,10-,13-/m1/s1. The summed E-state index contributed by atoms with van der Waals surface area (Å²) in [6.45, 7) is -1.62. The van der Waals surface area contributed by atoms with Crippen molar-refractivity contribution in [3.63, 3.8) is 0 Å². The summed E-state index contributed by atoms with van der Waals surface area (Å²) < 4.78 is 52.4. The number of nitrogens with two attached hydrogens (primary N) is 2. The number of anilines is 1. The summed E-state index contributed by atoms with van der Waals surface area (Å²) in [5.74, 6) is -1.66. The number of imidazole rings is 1. The minimum Gasteiger partial charge on any atom is -0.385 e. The van der Waals surface area contributed by atoms with Crippen LogP contribution in [0.3, 0.4) is 0 Å². The second-order valence-electron chi connectivity index (χ2n) is 7.49. The number of aliphatic hydroxyl groups is 2. The van der Waals surface area contributed by atoms with Crippen molar-refractivity contribution in [1.82, 2.24) is 24.8 Å². The number of aromatic nitrogens is 4. The third-order valence-electron chi connectivity index (χ3n) is 4.84. The third kappa shape index (κ3) is 6.53. The molecule has 25 heteroatoms. The molecule has 2 unspecified atom stereocenters. The van der Waals surface area contributed by atoms with Crippen LogP contribution in [0.15, 0.2) is 11.1 Å². The number of aromatic amines is 1. The minimum absolute atomic E-state index is 0.105. The Morgan fingerprint density at radius 2 is 1.89 bits per heavy atom. The molecule has 38 heavy (non-hydrogen) atoms. The zero-order chi connectivity index (χ0) is 28.7. The van der Waals surface area contributed by atoms with Crippen molar-refractivity contribution in [2.75, 3.05) is 25.4 Å². The molecule has 1 aliphatic heterocycles. The van der Waals surface area contributed by atoms with Crippen LogP contribution in [0.5, 0.6) is 0 Å². The number of hydrogen-bond donors (Lipinski definition) is 10. The van der Waals surface area contributed by atoms with E-state index in [0.717, 1.165) is 10.9 Å². The quantitative estimate of drug-likeness (QED) is 0.109. The molecule has 3 rings (SSSR count). The first-order chi connectivity index (χ1) is 17.4. The van der Waals surface area contributed by atoms with E-state index in [2.05, 4.69) is 33.4 Å². The van der Waals surface area contributed by atoms with E-state index in [4.69, 9.17) is 26.0 Å². The van der Waals surface area contributed by atoms with Crippen LogP contribution in [0, 0.1) is 0 Å². The molecular formula is C13H22N7O15P3. The molecule has 1 fully saturated rings. The number of ether oxygens (including phenoxy) is 1. The smallest absolute Gasteiger partial charge is 0.385 e. The predicted octanol–water partition coefficient (Wildman–Crippen LogP) is -3.89. The molecule has 214 valence electrons. The lowest BCUT2D eigenvalue weighted by Crippen LogP contribution is -2.60. The first-order valence-corrected chi connectivity index (χ1v) is 14.5. The maximum atomic E-state index is 12.8. The first-order valence-electron chi connectivity index (χ1n) is 9.95. The van der Waals surface area contributed by atoms with E-state index in [0.29, 0.717) is 0 Å². The van der Waals surface area contributed by atoms with Gasteiger partial charge in [-0.25, -0.2) is 18.7 Å². The highest BCUT2D eigenvalue weighted by molar-refractivity contribution is 7.66. The number of phosphoric acid groups is 3. The molecule has 2 aromatic heterocycles. The van der Waals surface area contributed by atoms with E-state index >= 15 is 0 Å². The summed E-state index contributed by atoms with van der Waals surface area (Å²) in [6, 6.07) is 0. The maximum Gasteiger partial charge on any atom is 0.490 e. The van der Waals surface area contributed by atoms with E-state index in [1.165, 1.54) is 0 Å². The number of carbonyl (C=O) groups excluding carboxylic acids is 1. The Balaban J connectivity index is 1.92. The average molecular weight is 609 g/mol. The third-order valence-corrected chi connectivity index (χ3v) is 8.64. The van der Waals surface area contributed by atoms with E-state index in [1.807, 2.05) is 0 Å². The molecule has 2 aromatic rings. The van der Waals surface area contributed by atoms with Crippen molar-refractivity contribution < 1.29 is 66.2 Å². The van der Waals surface area contributed by atoms with Crippen molar-refractivity contribution in [3.05, 3.63) is 16.7 Å². The van der Waals surface area contributed by atoms with Crippen LogP contribution in [-0.2, 0) is 36.4 Å². The monoisotopic (exact) mass is 609 g/mol. The van der Waals surface area contributed by atoms with Crippen LogP contribution < -0.4 is 22.3 Å². The Morgan fingerprint density at radius 1 is 1.24 bits per heavy atom. The van der Waals surface area contributed by atoms with Gasteiger partial charge in [0, 0.05) is 13.1 Å². The fourth-order valence-electron chi connectivity index (χ4n) is 3.34. The summed E-state index contributed by atoms with van der Waals surface area (Å²) in [5.41, 5.74) is 6.57. The average Bonchev–Trinajstić information content (AvgIpc) is 3.28. The normalized spacial score (nSPS) is 27.2. The van der Waals surface area contributed by atoms with Crippen LogP contribution >= 0.6 is 23.5 Å². The summed E-state index contributed by atoms with van der Waals surface area (Å²) >= 11 is 0. The molecule has 0 saturated carbocycles. The van der Waals surface area contributed by atoms with Gasteiger partial charge in [0.25, 0.3) is 11.5 Å². The van der Waals surface area contributed by atoms with Gasteiger partial charge in [0.1, 0.15) is 12.2 Å². The molecule has 1 aliphatic rings. The van der Waals surface area contributed by atoms with Crippen LogP contribution in [-0.4, -0.2) is 92.7 Å². The Hall–Kier alpha value is -2.13. The van der Waals surface area contributed by atoms with Gasteiger partial charge in [-0.2, -0.15) is 13.6 Å². The predicted molar refractivity (Wildman–Crippen MR) is 119 cm³/mol. The molecule has 0 aliphatic carbocycles. The topological polar surface area (TPSA) is 354 Å². The summed E-state index contributed by atoms with van der Waals surface area (Å²) in [5, 5.41) is 24.2. The van der Waals surface area contributed by atoms with Gasteiger partial charge in [-0.3, -0.25) is 23.7 Å². The first kappa shape index (κ1) is 30.4. The van der Waals surface area contributed by atoms with Gasteiger partial charge in [0.2, 0.25) is 11.5 Å². The van der Waals surface area contributed by atoms with Crippen LogP contribution in [0.2, 0.25) is 0 Å². The molecule has 22 nitrogen and oxygen atoms in total. The lowest BCUT2D eigenvalue weighted by Gasteiger charge is -2.29. The number of carbonyl (C=O) groups is 1. The lowest BCUT2D eigenvalue weighted by molar-refractivity contribution is -0.156. The number of H-pyrrole nitrogens is 1. The lowest BCUT2D eigenvalue weighted by atomic mass is 9.91. The highest BCUT2D eigenvalue weighted by Crippen LogP contribution is 2.66. The van der Waals surface area contributed by atoms with Crippen molar-refractivity contribution in [2.45, 2.75) is 24.0 Å². The van der Waals surface area contributed by atoms with E-state index in [1.54, 1.807) is 0 Å². The zero-order valence-electron chi connectivity index (χ0n) is 18.6. The van der Waals surface area contributed by atoms with Gasteiger partial charge < -0.3 is 51.3 Å². The van der Waals surface area contributed by atoms with E-state index in [-0.39, 0.29) is 30.2 Å². The van der Waals surface area contributed by atoms with Gasteiger partial charge in [-0.05, 0) is 0 Å². The molecule has 1 saturated heterocycles. The minimum atomic E-state index is -5.88. The van der Waals surface area contributed by atoms with Gasteiger partial charge in [-0.1, -0.05) is 0 Å². The number of nitrogens with one attached hydrogen (secondary N) is 2. The van der Waals surface area contributed by atoms with Crippen molar-refractivity contribution in [1.29, 1.82) is 0 Å². The number of hydrogen-bond acceptors (Lipinski definition) is 15. The number of rotatable bonds is 11. The van der Waals surface area contributed by atoms with Crippen molar-refractivity contribution in [3.8, 4) is 0 Å². The molecule has 0 radical (unpaired) electrons. The molecule has 3 heterocycles. The second kappa shape index (κ2) is 10.8. The molecular weight excluding hydrogens is 587 g/mol. The van der Waals surface area contributed by atoms with Crippen molar-refractivity contribution in [2.24, 2.45) is 5.73 Å². The van der Waals surface area contributed by atoms with Crippen LogP contribution in [0.4, 0.5) is 5.95 Å². The molecule has 12 N–H and O–H groups in total. The van der Waals surface area contributed by atoms with Gasteiger partial charge in [0.05, 0.1) is 12.9 Å². The number of fused-ring (bicyclic) bond motifs is 1. The van der Waals surface area contributed by atoms with Crippen LogP contribution in [0.1, 0.15) is 6.23 Å². The van der Waals surface area contributed by atoms with Crippen LogP contribution in [0.25, 0.3) is 11.2 Å². The number of aliphatic hydroxyl groups excluding tert-OH is 1. The summed E-state index contributed by atoms with van der Waals surface area (Å²) in [4.78, 5) is 70.9. The zero-order valence-corrected chi connectivity index (χ0v) is 21.3. The molecule has 0 bridgehead atoms. The fraction of sp³-hybridized carbons (Fsp3) is 0.538. The Kier molecular flexibility index (Phi) is 8.64. The summed E-state index contributed by atoms with van der Waals surface area (Å²) in [7, 11) is -17.3. The van der Waals surface area contributed by atoms with E-state index < -0.39 is 65.6 Å². The highest BCUT2D eigenvalue weighted by atomic mass is 31.3. The number of amides is 1. The number of nitrogen functional groups attached to an aromatic ring is 1. The summed E-state index contributed by atoms with van der Waals surface area (Å²) in [6.07, 6.45) is -5.04. The number of phosphoric ester groups is 1. The Labute approximate surface area is 210 Å². The Bertz CT molecular complexity index is 1410. The Morgan fingerprint density at radius 3 is 2.50 bits per heavy atom. The molecule has 6 atom stereocenters. The van der Waals surface area contributed by atoms with Gasteiger partial charge in [-0.15, -0.1) is 0 Å². The fourth-order valence-corrected chi connectivity index (χ4v) is 6.36. The van der Waals surface area contributed by atoms with E-state index in [9.17, 15) is 43.3 Å². The van der Waals surface area contributed by atoms with Crippen molar-refractivity contribution >= 4 is 46.5 Å². The highest BCUT2D eigenvalue weighted by Gasteiger charge is 2.61. The largest absolute Gasteiger partial charge is 0.490 e. The number of nitrogens with zero attached hydrogens (tertiary/aromatic N) is 3. The maximum absolute atomic E-state index is 12.8.